The Hall–Kier alpha value is -0.630. The van der Waals surface area contributed by atoms with Gasteiger partial charge in [0, 0.05) is 12.3 Å². The maximum absolute atomic E-state index is 13.0. The number of halogens is 1. The first kappa shape index (κ1) is 16.4. The summed E-state index contributed by atoms with van der Waals surface area (Å²) in [4.78, 5) is 0.0221. The van der Waals surface area contributed by atoms with Gasteiger partial charge in [0.25, 0.3) is 0 Å². The van der Waals surface area contributed by atoms with Gasteiger partial charge in [-0.3, -0.25) is 0 Å². The number of hydrogen-bond acceptors (Lipinski definition) is 4. The van der Waals surface area contributed by atoms with Crippen LogP contribution in [0, 0.1) is 12.7 Å². The summed E-state index contributed by atoms with van der Waals surface area (Å²) in [6.45, 7) is 2.99. The number of aliphatic hydroxyl groups is 1. The Morgan fingerprint density at radius 1 is 1.47 bits per heavy atom. The highest BCUT2D eigenvalue weighted by atomic mass is 32.2. The quantitative estimate of drug-likeness (QED) is 0.836. The highest BCUT2D eigenvalue weighted by Gasteiger charge is 2.24. The maximum Gasteiger partial charge on any atom is 0.240 e. The van der Waals surface area contributed by atoms with Crippen molar-refractivity contribution < 1.29 is 17.9 Å². The molecule has 0 radical (unpaired) electrons. The fourth-order valence-corrected chi connectivity index (χ4v) is 3.71. The Morgan fingerprint density at radius 2 is 2.11 bits per heavy atom. The van der Waals surface area contributed by atoms with E-state index in [-0.39, 0.29) is 11.4 Å². The molecule has 0 fully saturated rings. The minimum Gasteiger partial charge on any atom is -0.388 e. The SMILES string of the molecule is CSCC(C)(O)CNS(=O)(=O)c1ccc(F)cc1C. The van der Waals surface area contributed by atoms with Crippen LogP contribution in [0.3, 0.4) is 0 Å². The van der Waals surface area contributed by atoms with Crippen molar-refractivity contribution in [2.24, 2.45) is 0 Å². The van der Waals surface area contributed by atoms with E-state index >= 15 is 0 Å². The number of aryl methyl sites for hydroxylation is 1. The van der Waals surface area contributed by atoms with Crippen LogP contribution in [0.25, 0.3) is 0 Å². The van der Waals surface area contributed by atoms with Crippen molar-refractivity contribution >= 4 is 21.8 Å². The summed E-state index contributed by atoms with van der Waals surface area (Å²) >= 11 is 1.43. The average Bonchev–Trinajstić information content (AvgIpc) is 2.26. The molecule has 0 aromatic heterocycles. The first-order valence-corrected chi connectivity index (χ1v) is 8.53. The van der Waals surface area contributed by atoms with Crippen LogP contribution >= 0.6 is 11.8 Å². The Balaban J connectivity index is 2.87. The van der Waals surface area contributed by atoms with Crippen molar-refractivity contribution in [1.29, 1.82) is 0 Å². The monoisotopic (exact) mass is 307 g/mol. The third kappa shape index (κ3) is 4.76. The van der Waals surface area contributed by atoms with E-state index in [0.29, 0.717) is 11.3 Å². The molecule has 1 unspecified atom stereocenters. The van der Waals surface area contributed by atoms with Gasteiger partial charge in [-0.15, -0.1) is 0 Å². The molecule has 2 N–H and O–H groups in total. The second kappa shape index (κ2) is 6.21. The zero-order valence-electron chi connectivity index (χ0n) is 11.1. The molecular formula is C12H18FNO3S2. The summed E-state index contributed by atoms with van der Waals surface area (Å²) in [5.74, 6) is -0.0661. The van der Waals surface area contributed by atoms with Crippen molar-refractivity contribution in [3.05, 3.63) is 29.6 Å². The van der Waals surface area contributed by atoms with Crippen LogP contribution in [0.5, 0.6) is 0 Å². The fraction of sp³-hybridized carbons (Fsp3) is 0.500. The smallest absolute Gasteiger partial charge is 0.240 e. The van der Waals surface area contributed by atoms with E-state index in [1.165, 1.54) is 24.8 Å². The topological polar surface area (TPSA) is 66.4 Å². The van der Waals surface area contributed by atoms with E-state index in [2.05, 4.69) is 4.72 Å². The van der Waals surface area contributed by atoms with Gasteiger partial charge in [0.2, 0.25) is 10.0 Å². The van der Waals surface area contributed by atoms with Crippen molar-refractivity contribution in [2.75, 3.05) is 18.6 Å². The second-order valence-electron chi connectivity index (χ2n) is 4.66. The molecule has 0 saturated carbocycles. The lowest BCUT2D eigenvalue weighted by molar-refractivity contribution is 0.0908. The highest BCUT2D eigenvalue weighted by molar-refractivity contribution is 7.98. The van der Waals surface area contributed by atoms with Gasteiger partial charge in [0.15, 0.2) is 0 Å². The van der Waals surface area contributed by atoms with Crippen LogP contribution in [0.2, 0.25) is 0 Å². The number of sulfonamides is 1. The zero-order valence-corrected chi connectivity index (χ0v) is 12.7. The standard InChI is InChI=1S/C12H18FNO3S2/c1-9-6-10(13)4-5-11(9)19(16,17)14-7-12(2,15)8-18-3/h4-6,14-15H,7-8H2,1-3H3. The Labute approximate surface area is 117 Å². The molecule has 0 amide bonds. The lowest BCUT2D eigenvalue weighted by Gasteiger charge is -2.22. The van der Waals surface area contributed by atoms with Gasteiger partial charge in [-0.1, -0.05) is 0 Å². The van der Waals surface area contributed by atoms with E-state index < -0.39 is 21.4 Å². The van der Waals surface area contributed by atoms with E-state index in [0.717, 1.165) is 12.1 Å². The van der Waals surface area contributed by atoms with Crippen LogP contribution in [-0.4, -0.2) is 37.7 Å². The van der Waals surface area contributed by atoms with Crippen LogP contribution in [0.4, 0.5) is 4.39 Å². The van der Waals surface area contributed by atoms with Gasteiger partial charge in [-0.05, 0) is 43.9 Å². The summed E-state index contributed by atoms with van der Waals surface area (Å²) in [5.41, 5.74) is -0.794. The molecule has 19 heavy (non-hydrogen) atoms. The van der Waals surface area contributed by atoms with Gasteiger partial charge < -0.3 is 5.11 Å². The molecule has 0 aliphatic heterocycles. The first-order valence-electron chi connectivity index (χ1n) is 5.65. The predicted molar refractivity (Wildman–Crippen MR) is 75.3 cm³/mol. The lowest BCUT2D eigenvalue weighted by atomic mass is 10.1. The Morgan fingerprint density at radius 3 is 2.63 bits per heavy atom. The summed E-state index contributed by atoms with van der Waals surface area (Å²) < 4.78 is 39.4. The molecule has 1 aromatic carbocycles. The normalized spacial score (nSPS) is 15.2. The molecule has 0 saturated heterocycles. The molecule has 0 aliphatic carbocycles. The van der Waals surface area contributed by atoms with E-state index in [1.807, 2.05) is 6.26 Å². The Bertz CT molecular complexity index is 544. The van der Waals surface area contributed by atoms with E-state index in [4.69, 9.17) is 0 Å². The summed E-state index contributed by atoms with van der Waals surface area (Å²) in [6.07, 6.45) is 1.83. The van der Waals surface area contributed by atoms with Crippen LogP contribution in [0.1, 0.15) is 12.5 Å². The van der Waals surface area contributed by atoms with E-state index in [1.54, 1.807) is 6.92 Å². The Kier molecular flexibility index (Phi) is 5.37. The number of rotatable bonds is 6. The largest absolute Gasteiger partial charge is 0.388 e. The molecule has 0 aliphatic rings. The number of nitrogens with one attached hydrogen (secondary N) is 1. The molecule has 1 rings (SSSR count). The number of thioether (sulfide) groups is 1. The number of benzene rings is 1. The second-order valence-corrected chi connectivity index (χ2v) is 7.27. The minimum absolute atomic E-state index is 0.0221. The van der Waals surface area contributed by atoms with Gasteiger partial charge in [0.05, 0.1) is 10.5 Å². The molecule has 7 heteroatoms. The van der Waals surface area contributed by atoms with Crippen LogP contribution in [0.15, 0.2) is 23.1 Å². The highest BCUT2D eigenvalue weighted by Crippen LogP contribution is 2.17. The summed E-state index contributed by atoms with van der Waals surface area (Å²) in [5, 5.41) is 9.93. The lowest BCUT2D eigenvalue weighted by Crippen LogP contribution is -2.42. The van der Waals surface area contributed by atoms with Crippen molar-refractivity contribution in [2.45, 2.75) is 24.3 Å². The molecule has 0 heterocycles. The molecule has 4 nitrogen and oxygen atoms in total. The average molecular weight is 307 g/mol. The molecule has 108 valence electrons. The third-order valence-corrected chi connectivity index (χ3v) is 5.00. The summed E-state index contributed by atoms with van der Waals surface area (Å²) in [6, 6.07) is 3.48. The van der Waals surface area contributed by atoms with E-state index in [9.17, 15) is 17.9 Å². The molecule has 0 spiro atoms. The fourth-order valence-electron chi connectivity index (χ4n) is 1.60. The predicted octanol–water partition coefficient (Wildman–Crippen LogP) is 1.53. The van der Waals surface area contributed by atoms with Crippen molar-refractivity contribution in [1.82, 2.24) is 4.72 Å². The minimum atomic E-state index is -3.75. The van der Waals surface area contributed by atoms with Gasteiger partial charge in [-0.2, -0.15) is 11.8 Å². The molecule has 1 aromatic rings. The molecule has 0 bridgehead atoms. The van der Waals surface area contributed by atoms with Crippen LogP contribution in [-0.2, 0) is 10.0 Å². The first-order chi connectivity index (χ1) is 8.68. The zero-order chi connectivity index (χ0) is 14.7. The summed E-state index contributed by atoms with van der Waals surface area (Å²) in [7, 11) is -3.75. The third-order valence-electron chi connectivity index (χ3n) is 2.52. The van der Waals surface area contributed by atoms with Gasteiger partial charge >= 0.3 is 0 Å². The van der Waals surface area contributed by atoms with Crippen molar-refractivity contribution in [3.8, 4) is 0 Å². The van der Waals surface area contributed by atoms with Gasteiger partial charge in [-0.25, -0.2) is 17.5 Å². The maximum atomic E-state index is 13.0. The molecule has 1 atom stereocenters. The van der Waals surface area contributed by atoms with Crippen LogP contribution < -0.4 is 4.72 Å². The van der Waals surface area contributed by atoms with Crippen molar-refractivity contribution in [3.63, 3.8) is 0 Å². The molecular weight excluding hydrogens is 289 g/mol. The van der Waals surface area contributed by atoms with Gasteiger partial charge in [0.1, 0.15) is 5.82 Å². The number of hydrogen-bond donors (Lipinski definition) is 2.